The number of hydrogen-bond donors (Lipinski definition) is 4. The van der Waals surface area contributed by atoms with Gasteiger partial charge < -0.3 is 26.3 Å². The van der Waals surface area contributed by atoms with Crippen LogP contribution in [0.25, 0.3) is 0 Å². The van der Waals surface area contributed by atoms with Gasteiger partial charge in [-0.05, 0) is 34.1 Å². The fourth-order valence-electron chi connectivity index (χ4n) is 1.94. The van der Waals surface area contributed by atoms with E-state index in [4.69, 9.17) is 20.9 Å². The molecule has 0 radical (unpaired) electrons. The van der Waals surface area contributed by atoms with Crippen LogP contribution in [0.4, 0.5) is 16.4 Å². The second kappa shape index (κ2) is 12.4. The average molecular weight is 460 g/mol. The Balaban J connectivity index is 0.000000605. The number of nitrogens with two attached hydrogens (primary N) is 2. The lowest BCUT2D eigenvalue weighted by Gasteiger charge is -2.19. The number of aromatic amines is 1. The van der Waals surface area contributed by atoms with Crippen LogP contribution >= 0.6 is 12.4 Å². The minimum absolute atomic E-state index is 0. The number of nitrogens with one attached hydrogen (secondary N) is 2. The van der Waals surface area contributed by atoms with Crippen molar-refractivity contribution in [3.05, 3.63) is 23.5 Å². The molecule has 2 rings (SSSR count). The highest BCUT2D eigenvalue weighted by molar-refractivity contribution is 5.92. The Kier molecular flexibility index (Phi) is 11.1. The van der Waals surface area contributed by atoms with Crippen molar-refractivity contribution in [2.45, 2.75) is 46.6 Å². The predicted molar refractivity (Wildman–Crippen MR) is 117 cm³/mol. The van der Waals surface area contributed by atoms with Crippen molar-refractivity contribution in [3.63, 3.8) is 0 Å². The lowest BCUT2D eigenvalue weighted by atomic mass is 10.2. The molecule has 2 aromatic rings. The first kappa shape index (κ1) is 27.7. The molecule has 31 heavy (non-hydrogen) atoms. The molecule has 12 nitrogen and oxygen atoms in total. The molecule has 0 saturated heterocycles. The van der Waals surface area contributed by atoms with Crippen LogP contribution in [-0.2, 0) is 9.47 Å². The first-order chi connectivity index (χ1) is 14.0. The Hall–Kier alpha value is -3.28. The van der Waals surface area contributed by atoms with E-state index in [1.54, 1.807) is 27.7 Å². The maximum Gasteiger partial charge on any atom is 0.437 e. The lowest BCUT2D eigenvalue weighted by Crippen LogP contribution is -2.28. The number of halogens is 1. The standard InChI is InChI=1S/C11H17N3O4.C7H12N4O.ClH/c1-5-17-9(15)7-6-8(12)14(13-7)10(16)18-11(2,3)4;1-2-3-9-7(12)5-4-6(8)11-10-5;/h6H,5,12H2,1-4H3;4H,2-3H2,1H3,(H,9,12)(H3,8,10,11);1H. The van der Waals surface area contributed by atoms with Gasteiger partial charge >= 0.3 is 12.1 Å². The first-order valence-corrected chi connectivity index (χ1v) is 9.33. The Morgan fingerprint density at radius 1 is 1.19 bits per heavy atom. The summed E-state index contributed by atoms with van der Waals surface area (Å²) in [5.74, 6) is -0.448. The summed E-state index contributed by atoms with van der Waals surface area (Å²) in [7, 11) is 0. The van der Waals surface area contributed by atoms with E-state index in [0.717, 1.165) is 11.1 Å². The third kappa shape index (κ3) is 9.38. The Morgan fingerprint density at radius 3 is 2.32 bits per heavy atom. The molecule has 0 bridgehead atoms. The second-order valence-electron chi connectivity index (χ2n) is 7.03. The Bertz CT molecular complexity index is 873. The molecular formula is C18H30ClN7O5. The molecule has 2 heterocycles. The van der Waals surface area contributed by atoms with Crippen LogP contribution in [0.3, 0.4) is 0 Å². The maximum absolute atomic E-state index is 11.7. The van der Waals surface area contributed by atoms with Gasteiger partial charge in [-0.2, -0.15) is 10.2 Å². The summed E-state index contributed by atoms with van der Waals surface area (Å²) < 4.78 is 10.7. The zero-order valence-electron chi connectivity index (χ0n) is 18.2. The summed E-state index contributed by atoms with van der Waals surface area (Å²) in [5.41, 5.74) is 10.6. The van der Waals surface area contributed by atoms with Crippen LogP contribution in [0, 0.1) is 0 Å². The molecule has 6 N–H and O–H groups in total. The van der Waals surface area contributed by atoms with E-state index in [9.17, 15) is 14.4 Å². The van der Waals surface area contributed by atoms with E-state index in [2.05, 4.69) is 20.6 Å². The monoisotopic (exact) mass is 459 g/mol. The Morgan fingerprint density at radius 2 is 1.84 bits per heavy atom. The largest absolute Gasteiger partial charge is 0.461 e. The number of H-pyrrole nitrogens is 1. The van der Waals surface area contributed by atoms with Gasteiger partial charge in [0.05, 0.1) is 6.61 Å². The van der Waals surface area contributed by atoms with Gasteiger partial charge in [0.2, 0.25) is 0 Å². The number of nitrogens with zero attached hydrogens (tertiary/aromatic N) is 3. The molecule has 174 valence electrons. The van der Waals surface area contributed by atoms with Crippen molar-refractivity contribution in [1.29, 1.82) is 0 Å². The molecule has 0 aliphatic heterocycles. The number of ether oxygens (including phenoxy) is 2. The lowest BCUT2D eigenvalue weighted by molar-refractivity contribution is 0.0502. The molecule has 2 aromatic heterocycles. The smallest absolute Gasteiger partial charge is 0.437 e. The molecule has 13 heteroatoms. The molecule has 0 fully saturated rings. The predicted octanol–water partition coefficient (Wildman–Crippen LogP) is 1.98. The molecule has 0 atom stereocenters. The Labute approximate surface area is 186 Å². The molecule has 0 aliphatic carbocycles. The zero-order valence-corrected chi connectivity index (χ0v) is 19.0. The van der Waals surface area contributed by atoms with Crippen molar-refractivity contribution in [3.8, 4) is 0 Å². The van der Waals surface area contributed by atoms with Gasteiger partial charge in [0.25, 0.3) is 5.91 Å². The van der Waals surface area contributed by atoms with E-state index < -0.39 is 17.7 Å². The minimum Gasteiger partial charge on any atom is -0.461 e. The minimum atomic E-state index is -0.740. The highest BCUT2D eigenvalue weighted by Crippen LogP contribution is 2.13. The normalized spacial score (nSPS) is 10.2. The van der Waals surface area contributed by atoms with Gasteiger partial charge in [0.15, 0.2) is 5.69 Å². The number of carbonyl (C=O) groups excluding carboxylic acids is 3. The highest BCUT2D eigenvalue weighted by Gasteiger charge is 2.22. The van der Waals surface area contributed by atoms with Crippen LogP contribution in [-0.4, -0.2) is 56.7 Å². The molecular weight excluding hydrogens is 430 g/mol. The number of nitrogen functional groups attached to an aromatic ring is 2. The van der Waals surface area contributed by atoms with Crippen LogP contribution in [0.1, 0.15) is 62.0 Å². The van der Waals surface area contributed by atoms with Crippen LogP contribution < -0.4 is 16.8 Å². The van der Waals surface area contributed by atoms with Crippen molar-refractivity contribution in [2.75, 3.05) is 24.6 Å². The molecule has 0 saturated carbocycles. The summed E-state index contributed by atoms with van der Waals surface area (Å²) in [4.78, 5) is 34.3. The molecule has 1 amide bonds. The van der Waals surface area contributed by atoms with Gasteiger partial charge in [0, 0.05) is 18.7 Å². The summed E-state index contributed by atoms with van der Waals surface area (Å²) in [6.07, 6.45) is 0.172. The number of anilines is 2. The van der Waals surface area contributed by atoms with Crippen molar-refractivity contribution in [2.24, 2.45) is 0 Å². The summed E-state index contributed by atoms with van der Waals surface area (Å²) >= 11 is 0. The number of aromatic nitrogens is 4. The number of rotatable bonds is 5. The van der Waals surface area contributed by atoms with E-state index in [1.165, 1.54) is 12.1 Å². The maximum atomic E-state index is 11.7. The SMILES string of the molecule is CCCNC(=O)c1cc(N)n[nH]1.CCOC(=O)c1cc(N)n(C(=O)OC(C)(C)C)n1.Cl. The fourth-order valence-corrected chi connectivity index (χ4v) is 1.94. The van der Waals surface area contributed by atoms with Gasteiger partial charge in [-0.25, -0.2) is 9.59 Å². The fraction of sp³-hybridized carbons (Fsp3) is 0.500. The number of amides is 1. The molecule has 0 aliphatic rings. The second-order valence-corrected chi connectivity index (χ2v) is 7.03. The quantitative estimate of drug-likeness (QED) is 0.486. The van der Waals surface area contributed by atoms with E-state index in [0.29, 0.717) is 18.1 Å². The summed E-state index contributed by atoms with van der Waals surface area (Å²) in [6.45, 7) is 9.70. The number of esters is 1. The van der Waals surface area contributed by atoms with E-state index in [-0.39, 0.29) is 36.4 Å². The van der Waals surface area contributed by atoms with Crippen molar-refractivity contribution < 1.29 is 23.9 Å². The summed E-state index contributed by atoms with van der Waals surface area (Å²) in [6, 6.07) is 2.77. The highest BCUT2D eigenvalue weighted by atomic mass is 35.5. The topological polar surface area (TPSA) is 180 Å². The van der Waals surface area contributed by atoms with E-state index in [1.807, 2.05) is 6.92 Å². The van der Waals surface area contributed by atoms with E-state index >= 15 is 0 Å². The number of carbonyl (C=O) groups is 3. The third-order valence-corrected chi connectivity index (χ3v) is 3.17. The van der Waals surface area contributed by atoms with Gasteiger partial charge in [0.1, 0.15) is 22.9 Å². The molecule has 0 unspecified atom stereocenters. The van der Waals surface area contributed by atoms with Gasteiger partial charge in [-0.1, -0.05) is 6.92 Å². The summed E-state index contributed by atoms with van der Waals surface area (Å²) in [5, 5.41) is 12.6. The average Bonchev–Trinajstić information content (AvgIpc) is 3.25. The van der Waals surface area contributed by atoms with Crippen LogP contribution in [0.5, 0.6) is 0 Å². The van der Waals surface area contributed by atoms with Crippen molar-refractivity contribution >= 4 is 42.0 Å². The first-order valence-electron chi connectivity index (χ1n) is 9.33. The third-order valence-electron chi connectivity index (χ3n) is 3.17. The zero-order chi connectivity index (χ0) is 22.9. The van der Waals surface area contributed by atoms with Crippen LogP contribution in [0.15, 0.2) is 12.1 Å². The molecule has 0 spiro atoms. The van der Waals surface area contributed by atoms with Crippen LogP contribution in [0.2, 0.25) is 0 Å². The van der Waals surface area contributed by atoms with Gasteiger partial charge in [-0.15, -0.1) is 17.1 Å². The number of hydrogen-bond acceptors (Lipinski definition) is 9. The van der Waals surface area contributed by atoms with Crippen molar-refractivity contribution in [1.82, 2.24) is 25.3 Å². The van der Waals surface area contributed by atoms with Gasteiger partial charge in [-0.3, -0.25) is 9.89 Å². The molecule has 0 aromatic carbocycles.